The second-order valence-corrected chi connectivity index (χ2v) is 8.29. The van der Waals surface area contributed by atoms with Crippen LogP contribution in [0.15, 0.2) is 18.3 Å². The fraction of sp³-hybridized carbons (Fsp3) is 0.609. The first-order chi connectivity index (χ1) is 14.7. The van der Waals surface area contributed by atoms with Crippen molar-refractivity contribution in [2.24, 2.45) is 0 Å². The summed E-state index contributed by atoms with van der Waals surface area (Å²) in [5.74, 6) is 1.89. The zero-order valence-electron chi connectivity index (χ0n) is 18.4. The van der Waals surface area contributed by atoms with Gasteiger partial charge in [0.2, 0.25) is 5.75 Å². The Morgan fingerprint density at radius 2 is 1.60 bits per heavy atom. The molecule has 0 amide bonds. The summed E-state index contributed by atoms with van der Waals surface area (Å²) in [5.41, 5.74) is 3.18. The first kappa shape index (κ1) is 21.0. The lowest BCUT2D eigenvalue weighted by atomic mass is 9.94. The van der Waals surface area contributed by atoms with Gasteiger partial charge in [-0.1, -0.05) is 19.3 Å². The number of benzene rings is 1. The molecule has 1 aromatic carbocycles. The van der Waals surface area contributed by atoms with Crippen LogP contribution < -0.4 is 14.2 Å². The monoisotopic (exact) mass is 414 g/mol. The molecule has 1 aliphatic heterocycles. The highest BCUT2D eigenvalue weighted by molar-refractivity contribution is 5.70. The molecule has 4 rings (SSSR count). The van der Waals surface area contributed by atoms with Crippen molar-refractivity contribution in [3.05, 3.63) is 23.9 Å². The van der Waals surface area contributed by atoms with Crippen LogP contribution in [0.1, 0.15) is 37.7 Å². The molecule has 0 spiro atoms. The molecule has 1 aliphatic carbocycles. The molecule has 2 heterocycles. The average molecular weight is 415 g/mol. The maximum Gasteiger partial charge on any atom is 0.203 e. The van der Waals surface area contributed by atoms with Crippen LogP contribution in [-0.2, 0) is 6.54 Å². The predicted molar refractivity (Wildman–Crippen MR) is 117 cm³/mol. The highest BCUT2D eigenvalue weighted by Crippen LogP contribution is 2.41. The fourth-order valence-corrected chi connectivity index (χ4v) is 4.88. The Labute approximate surface area is 179 Å². The van der Waals surface area contributed by atoms with E-state index < -0.39 is 0 Å². The summed E-state index contributed by atoms with van der Waals surface area (Å²) in [7, 11) is 4.90. The molecule has 164 valence electrons. The molecule has 1 saturated heterocycles. The molecule has 0 bridgehead atoms. The number of nitrogens with zero attached hydrogens (tertiary/aromatic N) is 3. The smallest absolute Gasteiger partial charge is 0.203 e. The van der Waals surface area contributed by atoms with Crippen molar-refractivity contribution in [2.75, 3.05) is 47.5 Å². The normalized spacial score (nSPS) is 19.0. The lowest BCUT2D eigenvalue weighted by molar-refractivity contribution is 0.0756. The summed E-state index contributed by atoms with van der Waals surface area (Å²) in [6, 6.07) is 4.75. The molecule has 1 saturated carbocycles. The first-order valence-corrected chi connectivity index (χ1v) is 11.0. The number of hydrogen-bond donors (Lipinski definition) is 1. The molecular formula is C23H34N4O3. The van der Waals surface area contributed by atoms with E-state index in [2.05, 4.69) is 20.0 Å². The molecular weight excluding hydrogens is 380 g/mol. The molecule has 0 unspecified atom stereocenters. The van der Waals surface area contributed by atoms with Crippen molar-refractivity contribution in [1.82, 2.24) is 20.0 Å². The Hall–Kier alpha value is -2.25. The SMILES string of the molecule is COc1cc(-c2[nH]ncc2CN2CCN(C3CCCCC3)CC2)cc(OC)c1OC. The minimum atomic E-state index is 0.601. The number of aromatic nitrogens is 2. The van der Waals surface area contributed by atoms with Crippen LogP contribution in [-0.4, -0.2) is 73.5 Å². The Balaban J connectivity index is 1.45. The van der Waals surface area contributed by atoms with E-state index in [0.717, 1.165) is 36.9 Å². The van der Waals surface area contributed by atoms with Crippen molar-refractivity contribution in [2.45, 2.75) is 44.7 Å². The van der Waals surface area contributed by atoms with Crippen molar-refractivity contribution in [3.8, 4) is 28.5 Å². The maximum absolute atomic E-state index is 5.52. The summed E-state index contributed by atoms with van der Waals surface area (Å²) in [6.45, 7) is 5.44. The minimum Gasteiger partial charge on any atom is -0.493 e. The van der Waals surface area contributed by atoms with Crippen LogP contribution in [0.2, 0.25) is 0 Å². The number of ether oxygens (including phenoxy) is 3. The van der Waals surface area contributed by atoms with Gasteiger partial charge in [-0.3, -0.25) is 14.9 Å². The summed E-state index contributed by atoms with van der Waals surface area (Å²) < 4.78 is 16.5. The standard InChI is InChI=1S/C23H34N4O3/c1-28-20-13-17(14-21(29-2)23(20)30-3)22-18(15-24-25-22)16-26-9-11-27(12-10-26)19-7-5-4-6-8-19/h13-15,19H,4-12,16H2,1-3H3,(H,24,25). The maximum atomic E-state index is 5.52. The van der Waals surface area contributed by atoms with Crippen LogP contribution >= 0.6 is 0 Å². The van der Waals surface area contributed by atoms with E-state index in [1.807, 2.05) is 18.3 Å². The lowest BCUT2D eigenvalue weighted by Crippen LogP contribution is -2.50. The van der Waals surface area contributed by atoms with Crippen LogP contribution in [0.4, 0.5) is 0 Å². The fourth-order valence-electron chi connectivity index (χ4n) is 4.88. The van der Waals surface area contributed by atoms with Crippen LogP contribution in [0, 0.1) is 0 Å². The highest BCUT2D eigenvalue weighted by atomic mass is 16.5. The van der Waals surface area contributed by atoms with Gasteiger partial charge >= 0.3 is 0 Å². The van der Waals surface area contributed by atoms with Crippen LogP contribution in [0.25, 0.3) is 11.3 Å². The van der Waals surface area contributed by atoms with E-state index in [1.54, 1.807) is 21.3 Å². The zero-order chi connectivity index (χ0) is 20.9. The van der Waals surface area contributed by atoms with Crippen molar-refractivity contribution < 1.29 is 14.2 Å². The molecule has 0 radical (unpaired) electrons. The Morgan fingerprint density at radius 1 is 0.933 bits per heavy atom. The largest absolute Gasteiger partial charge is 0.493 e. The van der Waals surface area contributed by atoms with E-state index in [4.69, 9.17) is 14.2 Å². The van der Waals surface area contributed by atoms with Gasteiger partial charge < -0.3 is 14.2 Å². The molecule has 1 N–H and O–H groups in total. The predicted octanol–water partition coefficient (Wildman–Crippen LogP) is 3.55. The van der Waals surface area contributed by atoms with Gasteiger partial charge in [-0.15, -0.1) is 0 Å². The number of methoxy groups -OCH3 is 3. The minimum absolute atomic E-state index is 0.601. The summed E-state index contributed by atoms with van der Waals surface area (Å²) in [4.78, 5) is 5.25. The second kappa shape index (κ2) is 9.71. The number of nitrogens with one attached hydrogen (secondary N) is 1. The third-order valence-electron chi connectivity index (χ3n) is 6.56. The van der Waals surface area contributed by atoms with Crippen molar-refractivity contribution in [1.29, 1.82) is 0 Å². The summed E-state index contributed by atoms with van der Waals surface area (Å²) in [5, 5.41) is 7.50. The molecule has 7 heteroatoms. The van der Waals surface area contributed by atoms with Gasteiger partial charge in [-0.25, -0.2) is 0 Å². The third kappa shape index (κ3) is 4.42. The second-order valence-electron chi connectivity index (χ2n) is 8.29. The van der Waals surface area contributed by atoms with Gasteiger partial charge in [-0.2, -0.15) is 5.10 Å². The van der Waals surface area contributed by atoms with Gasteiger partial charge in [0.25, 0.3) is 0 Å². The zero-order valence-corrected chi connectivity index (χ0v) is 18.4. The molecule has 0 atom stereocenters. The van der Waals surface area contributed by atoms with Gasteiger partial charge in [-0.05, 0) is 25.0 Å². The topological polar surface area (TPSA) is 62.9 Å². The number of piperazine rings is 1. The average Bonchev–Trinajstić information content (AvgIpc) is 3.27. The van der Waals surface area contributed by atoms with E-state index in [1.165, 1.54) is 50.8 Å². The number of hydrogen-bond acceptors (Lipinski definition) is 6. The Kier molecular flexibility index (Phi) is 6.79. The van der Waals surface area contributed by atoms with E-state index in [9.17, 15) is 0 Å². The van der Waals surface area contributed by atoms with Gasteiger partial charge in [0, 0.05) is 49.9 Å². The van der Waals surface area contributed by atoms with E-state index in [0.29, 0.717) is 17.2 Å². The van der Waals surface area contributed by atoms with Gasteiger partial charge in [0.1, 0.15) is 0 Å². The molecule has 7 nitrogen and oxygen atoms in total. The van der Waals surface area contributed by atoms with Crippen molar-refractivity contribution in [3.63, 3.8) is 0 Å². The van der Waals surface area contributed by atoms with E-state index >= 15 is 0 Å². The Bertz CT molecular complexity index is 799. The summed E-state index contributed by atoms with van der Waals surface area (Å²) >= 11 is 0. The highest BCUT2D eigenvalue weighted by Gasteiger charge is 2.26. The molecule has 1 aromatic heterocycles. The molecule has 2 fully saturated rings. The van der Waals surface area contributed by atoms with Crippen LogP contribution in [0.5, 0.6) is 17.2 Å². The third-order valence-corrected chi connectivity index (χ3v) is 6.56. The van der Waals surface area contributed by atoms with Crippen LogP contribution in [0.3, 0.4) is 0 Å². The number of rotatable bonds is 7. The van der Waals surface area contributed by atoms with Gasteiger partial charge in [0.05, 0.1) is 33.2 Å². The molecule has 2 aromatic rings. The Morgan fingerprint density at radius 3 is 2.20 bits per heavy atom. The number of H-pyrrole nitrogens is 1. The van der Waals surface area contributed by atoms with Crippen molar-refractivity contribution >= 4 is 0 Å². The molecule has 2 aliphatic rings. The quantitative estimate of drug-likeness (QED) is 0.748. The van der Waals surface area contributed by atoms with Gasteiger partial charge in [0.15, 0.2) is 11.5 Å². The van der Waals surface area contributed by atoms with E-state index in [-0.39, 0.29) is 0 Å². The number of aromatic amines is 1. The lowest BCUT2D eigenvalue weighted by Gasteiger charge is -2.40. The summed E-state index contributed by atoms with van der Waals surface area (Å²) in [6.07, 6.45) is 8.92. The first-order valence-electron chi connectivity index (χ1n) is 11.0. The molecule has 30 heavy (non-hydrogen) atoms.